The zero-order valence-electron chi connectivity index (χ0n) is 8.10. The van der Waals surface area contributed by atoms with E-state index in [0.717, 1.165) is 12.1 Å². The first-order valence-corrected chi connectivity index (χ1v) is 4.72. The fourth-order valence-corrected chi connectivity index (χ4v) is 1.22. The van der Waals surface area contributed by atoms with Gasteiger partial charge in [-0.25, -0.2) is 0 Å². The van der Waals surface area contributed by atoms with Crippen molar-refractivity contribution in [1.29, 1.82) is 0 Å². The van der Waals surface area contributed by atoms with Crippen LogP contribution >= 0.6 is 11.6 Å². The van der Waals surface area contributed by atoms with Gasteiger partial charge in [-0.2, -0.15) is 0 Å². The summed E-state index contributed by atoms with van der Waals surface area (Å²) in [5, 5.41) is 4.08. The number of halogens is 1. The predicted molar refractivity (Wildman–Crippen MR) is 51.7 cm³/mol. The first-order valence-electron chi connectivity index (χ1n) is 4.28. The molecule has 0 saturated heterocycles. The number of hydrogen-bond acceptors (Lipinski definition) is 2. The van der Waals surface area contributed by atoms with Gasteiger partial charge in [-0.15, -0.1) is 11.6 Å². The topological polar surface area (TPSA) is 21.6 Å². The predicted octanol–water partition coefficient (Wildman–Crippen LogP) is 2.80. The lowest BCUT2D eigenvalue weighted by molar-refractivity contribution is 0.0854. The van der Waals surface area contributed by atoms with Crippen LogP contribution in [0.3, 0.4) is 0 Å². The van der Waals surface area contributed by atoms with Gasteiger partial charge in [0.15, 0.2) is 0 Å². The number of nitrogens with zero attached hydrogens (tertiary/aromatic N) is 1. The number of hydrogen-bond donors (Lipinski definition) is 0. The highest BCUT2D eigenvalue weighted by molar-refractivity contribution is 6.21. The van der Waals surface area contributed by atoms with Crippen LogP contribution in [-0.4, -0.2) is 17.2 Å². The lowest BCUT2D eigenvalue weighted by Gasteiger charge is -2.17. The number of rotatable bonds is 1. The van der Waals surface area contributed by atoms with Crippen molar-refractivity contribution in [3.8, 4) is 0 Å². The van der Waals surface area contributed by atoms with E-state index in [1.807, 2.05) is 6.92 Å². The highest BCUT2D eigenvalue weighted by Crippen LogP contribution is 2.27. The third-order valence-corrected chi connectivity index (χ3v) is 2.35. The van der Waals surface area contributed by atoms with Gasteiger partial charge < -0.3 is 4.84 Å². The normalized spacial score (nSPS) is 26.4. The minimum atomic E-state index is 0.0357. The SMILES string of the molecule is CC(Cl)C1CC(C(C)(C)C)=NO1. The van der Waals surface area contributed by atoms with Gasteiger partial charge in [0.2, 0.25) is 0 Å². The minimum absolute atomic E-state index is 0.0357. The molecule has 2 nitrogen and oxygen atoms in total. The Morgan fingerprint density at radius 1 is 1.58 bits per heavy atom. The molecule has 2 unspecified atom stereocenters. The maximum absolute atomic E-state index is 5.90. The second-order valence-corrected chi connectivity index (χ2v) is 5.00. The molecule has 3 heteroatoms. The van der Waals surface area contributed by atoms with Gasteiger partial charge in [0.25, 0.3) is 0 Å². The highest BCUT2D eigenvalue weighted by Gasteiger charge is 2.31. The fraction of sp³-hybridized carbons (Fsp3) is 0.889. The summed E-state index contributed by atoms with van der Waals surface area (Å²) in [6, 6.07) is 0. The van der Waals surface area contributed by atoms with Crippen LogP contribution in [0.25, 0.3) is 0 Å². The molecule has 70 valence electrons. The molecule has 0 saturated carbocycles. The second kappa shape index (κ2) is 3.25. The zero-order valence-corrected chi connectivity index (χ0v) is 8.85. The molecule has 0 amide bonds. The number of oxime groups is 1. The van der Waals surface area contributed by atoms with Crippen molar-refractivity contribution in [3.05, 3.63) is 0 Å². The first kappa shape index (κ1) is 9.85. The number of alkyl halides is 1. The lowest BCUT2D eigenvalue weighted by atomic mass is 9.87. The summed E-state index contributed by atoms with van der Waals surface area (Å²) < 4.78 is 0. The van der Waals surface area contributed by atoms with Crippen molar-refractivity contribution in [1.82, 2.24) is 0 Å². The van der Waals surface area contributed by atoms with Gasteiger partial charge in [0.1, 0.15) is 6.10 Å². The standard InChI is InChI=1S/C9H16ClNO/c1-6(10)7-5-8(11-12-7)9(2,3)4/h6-7H,5H2,1-4H3. The summed E-state index contributed by atoms with van der Waals surface area (Å²) in [4.78, 5) is 5.21. The molecule has 1 aliphatic heterocycles. The Morgan fingerprint density at radius 3 is 2.42 bits per heavy atom. The minimum Gasteiger partial charge on any atom is -0.391 e. The molecule has 0 aromatic heterocycles. The maximum Gasteiger partial charge on any atom is 0.148 e. The van der Waals surface area contributed by atoms with Crippen LogP contribution in [0, 0.1) is 5.41 Å². The molecule has 0 spiro atoms. The van der Waals surface area contributed by atoms with E-state index in [2.05, 4.69) is 25.9 Å². The Hall–Kier alpha value is -0.240. The molecule has 1 rings (SSSR count). The van der Waals surface area contributed by atoms with E-state index in [4.69, 9.17) is 16.4 Å². The van der Waals surface area contributed by atoms with Crippen molar-refractivity contribution < 1.29 is 4.84 Å². The van der Waals surface area contributed by atoms with Gasteiger partial charge in [-0.05, 0) is 6.92 Å². The lowest BCUT2D eigenvalue weighted by Crippen LogP contribution is -2.23. The Kier molecular flexibility index (Phi) is 2.67. The van der Waals surface area contributed by atoms with Gasteiger partial charge in [-0.3, -0.25) is 0 Å². The summed E-state index contributed by atoms with van der Waals surface area (Å²) in [5.74, 6) is 0. The molecule has 0 bridgehead atoms. The molecule has 0 fully saturated rings. The highest BCUT2D eigenvalue weighted by atomic mass is 35.5. The smallest absolute Gasteiger partial charge is 0.148 e. The summed E-state index contributed by atoms with van der Waals surface area (Å²) in [6.45, 7) is 8.34. The van der Waals surface area contributed by atoms with Crippen LogP contribution in [0.2, 0.25) is 0 Å². The van der Waals surface area contributed by atoms with Gasteiger partial charge in [0, 0.05) is 11.8 Å². The molecule has 0 aliphatic carbocycles. The summed E-state index contributed by atoms with van der Waals surface area (Å²) in [6.07, 6.45) is 0.939. The third-order valence-electron chi connectivity index (χ3n) is 2.07. The fourth-order valence-electron chi connectivity index (χ4n) is 1.09. The zero-order chi connectivity index (χ0) is 9.35. The maximum atomic E-state index is 5.90. The Balaban J connectivity index is 2.55. The third kappa shape index (κ3) is 2.13. The van der Waals surface area contributed by atoms with Crippen LogP contribution in [0.1, 0.15) is 34.1 Å². The average Bonchev–Trinajstić information content (AvgIpc) is 2.30. The van der Waals surface area contributed by atoms with Crippen molar-refractivity contribution in [3.63, 3.8) is 0 Å². The van der Waals surface area contributed by atoms with Gasteiger partial charge in [0.05, 0.1) is 11.1 Å². The van der Waals surface area contributed by atoms with E-state index < -0.39 is 0 Å². The first-order chi connectivity index (χ1) is 5.41. The van der Waals surface area contributed by atoms with Crippen LogP contribution < -0.4 is 0 Å². The van der Waals surface area contributed by atoms with Crippen molar-refractivity contribution in [2.75, 3.05) is 0 Å². The van der Waals surface area contributed by atoms with Crippen molar-refractivity contribution in [2.24, 2.45) is 10.6 Å². The van der Waals surface area contributed by atoms with E-state index in [-0.39, 0.29) is 16.9 Å². The molecule has 0 N–H and O–H groups in total. The molecule has 12 heavy (non-hydrogen) atoms. The van der Waals surface area contributed by atoms with Crippen molar-refractivity contribution >= 4 is 17.3 Å². The van der Waals surface area contributed by atoms with Gasteiger partial charge >= 0.3 is 0 Å². The molecular weight excluding hydrogens is 174 g/mol. The van der Waals surface area contributed by atoms with Crippen LogP contribution in [0.15, 0.2) is 5.16 Å². The van der Waals surface area contributed by atoms with E-state index >= 15 is 0 Å². The van der Waals surface area contributed by atoms with E-state index in [1.54, 1.807) is 0 Å². The molecule has 0 radical (unpaired) electrons. The quantitative estimate of drug-likeness (QED) is 0.582. The van der Waals surface area contributed by atoms with Crippen LogP contribution in [0.5, 0.6) is 0 Å². The van der Waals surface area contributed by atoms with E-state index in [1.165, 1.54) is 0 Å². The van der Waals surface area contributed by atoms with Crippen LogP contribution in [0.4, 0.5) is 0 Å². The largest absolute Gasteiger partial charge is 0.391 e. The Morgan fingerprint density at radius 2 is 2.17 bits per heavy atom. The van der Waals surface area contributed by atoms with E-state index in [9.17, 15) is 0 Å². The molecule has 2 atom stereocenters. The average molecular weight is 190 g/mol. The molecule has 0 aromatic carbocycles. The van der Waals surface area contributed by atoms with Crippen LogP contribution in [-0.2, 0) is 4.84 Å². The molecule has 1 aliphatic rings. The molecular formula is C9H16ClNO. The Bertz CT molecular complexity index is 193. The Labute approximate surface area is 78.9 Å². The van der Waals surface area contributed by atoms with Gasteiger partial charge in [-0.1, -0.05) is 25.9 Å². The van der Waals surface area contributed by atoms with E-state index in [0.29, 0.717) is 0 Å². The molecule has 1 heterocycles. The summed E-state index contributed by atoms with van der Waals surface area (Å²) >= 11 is 5.90. The molecule has 0 aromatic rings. The second-order valence-electron chi connectivity index (χ2n) is 4.31. The van der Waals surface area contributed by atoms with Crippen molar-refractivity contribution in [2.45, 2.75) is 45.6 Å². The summed E-state index contributed by atoms with van der Waals surface area (Å²) in [5.41, 5.74) is 1.22. The summed E-state index contributed by atoms with van der Waals surface area (Å²) in [7, 11) is 0. The monoisotopic (exact) mass is 189 g/mol.